The Hall–Kier alpha value is -1.59. The second kappa shape index (κ2) is 8.49. The zero-order valence-electron chi connectivity index (χ0n) is 15.0. The van der Waals surface area contributed by atoms with E-state index in [0.29, 0.717) is 32.7 Å². The van der Waals surface area contributed by atoms with Crippen molar-refractivity contribution in [3.63, 3.8) is 0 Å². The summed E-state index contributed by atoms with van der Waals surface area (Å²) in [7, 11) is 0. The fourth-order valence-electron chi connectivity index (χ4n) is 3.14. The van der Waals surface area contributed by atoms with Gasteiger partial charge in [0.05, 0.1) is 25.4 Å². The molecule has 0 aliphatic carbocycles. The minimum atomic E-state index is -0.443. The average molecular weight is 334 g/mol. The molecule has 2 unspecified atom stereocenters. The van der Waals surface area contributed by atoms with Gasteiger partial charge >= 0.3 is 6.03 Å². The van der Waals surface area contributed by atoms with Crippen LogP contribution in [-0.2, 0) is 11.2 Å². The number of aliphatic hydroxyl groups excluding tert-OH is 1. The van der Waals surface area contributed by atoms with Gasteiger partial charge in [0, 0.05) is 13.1 Å². The van der Waals surface area contributed by atoms with Gasteiger partial charge in [-0.3, -0.25) is 0 Å². The Kier molecular flexibility index (Phi) is 6.63. The average Bonchev–Trinajstić information content (AvgIpc) is 2.53. The Bertz CT molecular complexity index is 517. The van der Waals surface area contributed by atoms with Crippen LogP contribution in [0.1, 0.15) is 32.8 Å². The van der Waals surface area contributed by atoms with Crippen LogP contribution in [0.3, 0.4) is 0 Å². The molecule has 5 nitrogen and oxygen atoms in total. The number of hydrogen-bond acceptors (Lipinski definition) is 3. The number of benzene rings is 1. The maximum Gasteiger partial charge on any atom is 0.317 e. The van der Waals surface area contributed by atoms with Crippen molar-refractivity contribution in [2.24, 2.45) is 5.41 Å². The Morgan fingerprint density at radius 3 is 2.79 bits per heavy atom. The summed E-state index contributed by atoms with van der Waals surface area (Å²) in [6.07, 6.45) is 1.01. The van der Waals surface area contributed by atoms with Crippen molar-refractivity contribution in [2.75, 3.05) is 26.3 Å². The van der Waals surface area contributed by atoms with Crippen LogP contribution in [0, 0.1) is 5.41 Å². The van der Waals surface area contributed by atoms with Crippen LogP contribution in [0.5, 0.6) is 0 Å². The monoisotopic (exact) mass is 334 g/mol. The predicted molar refractivity (Wildman–Crippen MR) is 94.9 cm³/mol. The third kappa shape index (κ3) is 5.80. The fourth-order valence-corrected chi connectivity index (χ4v) is 3.14. The summed E-state index contributed by atoms with van der Waals surface area (Å²) in [6.45, 7) is 8.29. The summed E-state index contributed by atoms with van der Waals surface area (Å²) >= 11 is 0. The van der Waals surface area contributed by atoms with Gasteiger partial charge in [-0.25, -0.2) is 4.79 Å². The highest BCUT2D eigenvalue weighted by molar-refractivity contribution is 5.74. The van der Waals surface area contributed by atoms with Gasteiger partial charge in [-0.2, -0.15) is 0 Å². The lowest BCUT2D eigenvalue weighted by Crippen LogP contribution is -2.54. The third-order valence-corrected chi connectivity index (χ3v) is 4.35. The zero-order chi connectivity index (χ0) is 17.6. The molecular weight excluding hydrogens is 304 g/mol. The summed E-state index contributed by atoms with van der Waals surface area (Å²) in [4.78, 5) is 14.4. The molecule has 0 saturated carbocycles. The molecule has 1 aromatic rings. The lowest BCUT2D eigenvalue weighted by atomic mass is 9.86. The molecule has 24 heavy (non-hydrogen) atoms. The number of hydrogen-bond donors (Lipinski definition) is 2. The van der Waals surface area contributed by atoms with Crippen molar-refractivity contribution < 1.29 is 14.6 Å². The zero-order valence-corrected chi connectivity index (χ0v) is 15.0. The van der Waals surface area contributed by atoms with Gasteiger partial charge in [0.15, 0.2) is 0 Å². The van der Waals surface area contributed by atoms with Crippen molar-refractivity contribution >= 4 is 6.03 Å². The number of morpholine rings is 1. The molecule has 1 fully saturated rings. The molecule has 0 spiro atoms. The van der Waals surface area contributed by atoms with E-state index < -0.39 is 6.10 Å². The highest BCUT2D eigenvalue weighted by Gasteiger charge is 2.29. The lowest BCUT2D eigenvalue weighted by Gasteiger charge is -2.37. The lowest BCUT2D eigenvalue weighted by molar-refractivity contribution is -0.00468. The molecule has 0 radical (unpaired) electrons. The molecule has 1 aromatic carbocycles. The first-order valence-corrected chi connectivity index (χ1v) is 8.71. The summed E-state index contributed by atoms with van der Waals surface area (Å²) in [6, 6.07) is 10.2. The Morgan fingerprint density at radius 1 is 1.42 bits per heavy atom. The van der Waals surface area contributed by atoms with Crippen molar-refractivity contribution in [3.8, 4) is 0 Å². The molecule has 2 amide bonds. The molecular formula is C19H30N2O3. The molecule has 1 aliphatic rings. The van der Waals surface area contributed by atoms with E-state index in [4.69, 9.17) is 4.74 Å². The maximum atomic E-state index is 12.6. The number of carbonyl (C=O) groups is 1. The molecule has 2 rings (SSSR count). The highest BCUT2D eigenvalue weighted by atomic mass is 16.5. The fraction of sp³-hybridized carbons (Fsp3) is 0.632. The third-order valence-electron chi connectivity index (χ3n) is 4.35. The molecule has 5 heteroatoms. The topological polar surface area (TPSA) is 61.8 Å². The van der Waals surface area contributed by atoms with E-state index >= 15 is 0 Å². The number of amides is 2. The van der Waals surface area contributed by atoms with E-state index in [1.807, 2.05) is 18.2 Å². The van der Waals surface area contributed by atoms with Crippen LogP contribution in [0.15, 0.2) is 30.3 Å². The standard InChI is InChI=1S/C19H30N2O3/c1-15(22)11-17-13-24-10-9-21(17)18(23)20-14-19(2,3)12-16-7-5-4-6-8-16/h4-8,15,17,22H,9-14H2,1-3H3,(H,20,23). The molecule has 0 bridgehead atoms. The van der Waals surface area contributed by atoms with Crippen molar-refractivity contribution in [3.05, 3.63) is 35.9 Å². The Labute approximate surface area is 145 Å². The van der Waals surface area contributed by atoms with E-state index in [-0.39, 0.29) is 17.5 Å². The number of nitrogens with zero attached hydrogens (tertiary/aromatic N) is 1. The van der Waals surface area contributed by atoms with Gasteiger partial charge in [0.25, 0.3) is 0 Å². The number of aliphatic hydroxyl groups is 1. The maximum absolute atomic E-state index is 12.6. The van der Waals surface area contributed by atoms with Gasteiger partial charge < -0.3 is 20.1 Å². The summed E-state index contributed by atoms with van der Waals surface area (Å²) in [5.74, 6) is 0. The second-order valence-electron chi connectivity index (χ2n) is 7.49. The largest absolute Gasteiger partial charge is 0.393 e. The van der Waals surface area contributed by atoms with Crippen LogP contribution < -0.4 is 5.32 Å². The first-order valence-electron chi connectivity index (χ1n) is 8.71. The van der Waals surface area contributed by atoms with Gasteiger partial charge in [-0.1, -0.05) is 44.2 Å². The van der Waals surface area contributed by atoms with Crippen LogP contribution in [0.4, 0.5) is 4.79 Å². The summed E-state index contributed by atoms with van der Waals surface area (Å²) in [5.41, 5.74) is 1.25. The van der Waals surface area contributed by atoms with E-state index in [9.17, 15) is 9.90 Å². The smallest absolute Gasteiger partial charge is 0.317 e. The van der Waals surface area contributed by atoms with Crippen molar-refractivity contribution in [1.29, 1.82) is 0 Å². The van der Waals surface area contributed by atoms with Gasteiger partial charge in [0.2, 0.25) is 0 Å². The first kappa shape index (κ1) is 18.7. The van der Waals surface area contributed by atoms with Crippen molar-refractivity contribution in [2.45, 2.75) is 45.8 Å². The number of rotatable bonds is 6. The molecule has 1 aliphatic heterocycles. The molecule has 134 valence electrons. The molecule has 1 saturated heterocycles. The Balaban J connectivity index is 1.88. The quantitative estimate of drug-likeness (QED) is 0.840. The molecule has 2 atom stereocenters. The molecule has 2 N–H and O–H groups in total. The normalized spacial score (nSPS) is 19.8. The number of carbonyl (C=O) groups excluding carboxylic acids is 1. The molecule has 0 aromatic heterocycles. The van der Waals surface area contributed by atoms with E-state index in [0.717, 1.165) is 6.42 Å². The molecule has 1 heterocycles. The SMILES string of the molecule is CC(O)CC1COCCN1C(=O)NCC(C)(C)Cc1ccccc1. The first-order chi connectivity index (χ1) is 11.4. The number of ether oxygens (including phenoxy) is 1. The van der Waals surface area contributed by atoms with E-state index in [2.05, 4.69) is 31.3 Å². The van der Waals surface area contributed by atoms with Crippen molar-refractivity contribution in [1.82, 2.24) is 10.2 Å². The minimum absolute atomic E-state index is 0.0247. The summed E-state index contributed by atoms with van der Waals surface area (Å²) < 4.78 is 5.46. The second-order valence-corrected chi connectivity index (χ2v) is 7.49. The van der Waals surface area contributed by atoms with E-state index in [1.165, 1.54) is 5.56 Å². The number of nitrogens with one attached hydrogen (secondary N) is 1. The van der Waals surface area contributed by atoms with Crippen LogP contribution in [-0.4, -0.2) is 54.5 Å². The van der Waals surface area contributed by atoms with Gasteiger partial charge in [0.1, 0.15) is 0 Å². The van der Waals surface area contributed by atoms with Crippen LogP contribution in [0.25, 0.3) is 0 Å². The van der Waals surface area contributed by atoms with Gasteiger partial charge in [-0.15, -0.1) is 0 Å². The van der Waals surface area contributed by atoms with Gasteiger partial charge in [-0.05, 0) is 30.7 Å². The number of urea groups is 1. The Morgan fingerprint density at radius 2 is 2.12 bits per heavy atom. The van der Waals surface area contributed by atoms with Crippen LogP contribution >= 0.6 is 0 Å². The van der Waals surface area contributed by atoms with Crippen LogP contribution in [0.2, 0.25) is 0 Å². The highest BCUT2D eigenvalue weighted by Crippen LogP contribution is 2.21. The minimum Gasteiger partial charge on any atom is -0.393 e. The van der Waals surface area contributed by atoms with E-state index in [1.54, 1.807) is 11.8 Å². The predicted octanol–water partition coefficient (Wildman–Crippen LogP) is 2.44. The summed E-state index contributed by atoms with van der Waals surface area (Å²) in [5, 5.41) is 12.7.